The fourth-order valence-electron chi connectivity index (χ4n) is 13.1. The van der Waals surface area contributed by atoms with Crippen LogP contribution in [0.15, 0.2) is 182 Å². The minimum absolute atomic E-state index is 0.0483. The summed E-state index contributed by atoms with van der Waals surface area (Å²) in [7, 11) is 0. The highest BCUT2D eigenvalue weighted by Gasteiger charge is 2.42. The number of hydrogen-bond donors (Lipinski definition) is 0. The molecule has 0 fully saturated rings. The fraction of sp³-hybridized carbons (Fsp3) is 0.205. The molecule has 0 amide bonds. The van der Waals surface area contributed by atoms with Crippen molar-refractivity contribution in [2.24, 2.45) is 0 Å². The molecule has 5 aromatic heterocycles. The average molecular weight is 1080 g/mol. The monoisotopic (exact) mass is 1080 g/mol. The third kappa shape index (κ3) is 7.33. The first kappa shape index (κ1) is 48.6. The molecule has 0 saturated heterocycles. The molecular formula is C73H63N3S3. The molecule has 15 rings (SSSR count). The summed E-state index contributed by atoms with van der Waals surface area (Å²) >= 11 is 5.72. The molecule has 1 aliphatic rings. The van der Waals surface area contributed by atoms with E-state index in [1.165, 1.54) is 122 Å². The zero-order valence-corrected chi connectivity index (χ0v) is 49.3. The van der Waals surface area contributed by atoms with Gasteiger partial charge in [-0.15, -0.1) is 34.0 Å². The maximum atomic E-state index is 2.68. The molecule has 5 heterocycles. The molecule has 388 valence electrons. The molecule has 0 aliphatic heterocycles. The molecule has 1 aliphatic carbocycles. The van der Waals surface area contributed by atoms with Gasteiger partial charge in [0.1, 0.15) is 0 Å². The second-order valence-electron chi connectivity index (χ2n) is 25.9. The molecule has 9 aromatic carbocycles. The lowest BCUT2D eigenvalue weighted by atomic mass is 9.79. The van der Waals surface area contributed by atoms with E-state index in [1.54, 1.807) is 0 Å². The van der Waals surface area contributed by atoms with Crippen LogP contribution < -0.4 is 9.80 Å². The SMILES string of the molecule is CC(C)(C)c1ccc(N(c2ccc3c(c2)C(C)(C)c2c-3n3c4c2cc(C(C)(C)C)cc4c2sc4cc(N(c5ccc(C(C)(C)C)cc5)c5ccc6c(c5)sc5ccccc56)ccc4c23)c2ccc3c(c2)sc2ccccc23)cc1. The van der Waals surface area contributed by atoms with Crippen LogP contribution in [-0.2, 0) is 21.7 Å². The third-order valence-electron chi connectivity index (χ3n) is 17.3. The normalized spacial score (nSPS) is 13.9. The van der Waals surface area contributed by atoms with Crippen molar-refractivity contribution in [3.05, 3.63) is 210 Å². The van der Waals surface area contributed by atoms with E-state index in [4.69, 9.17) is 0 Å². The molecule has 0 radical (unpaired) electrons. The summed E-state index contributed by atoms with van der Waals surface area (Å²) in [6.07, 6.45) is 0. The third-order valence-corrected chi connectivity index (χ3v) is 20.8. The number of aromatic nitrogens is 1. The smallest absolute Gasteiger partial charge is 0.0728 e. The Bertz CT molecular complexity index is 4800. The number of anilines is 6. The van der Waals surface area contributed by atoms with Crippen LogP contribution in [0.25, 0.3) is 88.2 Å². The lowest BCUT2D eigenvalue weighted by Crippen LogP contribution is -2.17. The van der Waals surface area contributed by atoms with Crippen molar-refractivity contribution in [2.45, 2.75) is 97.8 Å². The van der Waals surface area contributed by atoms with Crippen LogP contribution in [-0.4, -0.2) is 4.40 Å². The van der Waals surface area contributed by atoms with Crippen LogP contribution in [0.2, 0.25) is 0 Å². The molecule has 0 saturated carbocycles. The summed E-state index contributed by atoms with van der Waals surface area (Å²) in [4.78, 5) is 4.96. The molecule has 0 atom stereocenters. The van der Waals surface area contributed by atoms with E-state index >= 15 is 0 Å². The Morgan fingerprint density at radius 1 is 0.354 bits per heavy atom. The van der Waals surface area contributed by atoms with Gasteiger partial charge in [0.2, 0.25) is 0 Å². The molecule has 0 unspecified atom stereocenters. The Morgan fingerprint density at radius 3 is 1.28 bits per heavy atom. The van der Waals surface area contributed by atoms with Crippen LogP contribution in [0.4, 0.5) is 34.1 Å². The van der Waals surface area contributed by atoms with E-state index in [9.17, 15) is 0 Å². The van der Waals surface area contributed by atoms with Gasteiger partial charge in [0, 0.05) is 106 Å². The van der Waals surface area contributed by atoms with E-state index in [1.807, 2.05) is 34.0 Å². The first-order valence-corrected chi connectivity index (χ1v) is 30.3. The number of fused-ring (bicyclic) bond motifs is 16. The highest BCUT2D eigenvalue weighted by atomic mass is 32.1. The predicted molar refractivity (Wildman–Crippen MR) is 348 cm³/mol. The summed E-state index contributed by atoms with van der Waals surface area (Å²) in [5, 5.41) is 9.29. The van der Waals surface area contributed by atoms with Gasteiger partial charge in [-0.25, -0.2) is 0 Å². The molecule has 0 N–H and O–H groups in total. The lowest BCUT2D eigenvalue weighted by molar-refractivity contribution is 0.590. The van der Waals surface area contributed by atoms with Crippen LogP contribution in [0.5, 0.6) is 0 Å². The minimum Gasteiger partial charge on any atom is -0.310 e. The molecular weight excluding hydrogens is 1020 g/mol. The second-order valence-corrected chi connectivity index (χ2v) is 29.1. The molecule has 3 nitrogen and oxygen atoms in total. The van der Waals surface area contributed by atoms with Gasteiger partial charge in [-0.2, -0.15) is 0 Å². The molecule has 0 spiro atoms. The van der Waals surface area contributed by atoms with Crippen molar-refractivity contribution in [1.29, 1.82) is 0 Å². The first-order valence-electron chi connectivity index (χ1n) is 27.9. The maximum absolute atomic E-state index is 2.68. The predicted octanol–water partition coefficient (Wildman–Crippen LogP) is 22.8. The highest BCUT2D eigenvalue weighted by Crippen LogP contribution is 2.58. The Kier molecular flexibility index (Phi) is 10.3. The number of hydrogen-bond acceptors (Lipinski definition) is 5. The molecule has 0 bridgehead atoms. The van der Waals surface area contributed by atoms with Gasteiger partial charge in [0.15, 0.2) is 0 Å². The largest absolute Gasteiger partial charge is 0.310 e. The number of nitrogens with zero attached hydrogens (tertiary/aromatic N) is 3. The average Bonchev–Trinajstić information content (AvgIpc) is 2.04. The Morgan fingerprint density at radius 2 is 0.772 bits per heavy atom. The van der Waals surface area contributed by atoms with Gasteiger partial charge in [-0.1, -0.05) is 155 Å². The van der Waals surface area contributed by atoms with E-state index in [0.717, 1.165) is 28.4 Å². The van der Waals surface area contributed by atoms with Crippen molar-refractivity contribution >= 4 is 145 Å². The van der Waals surface area contributed by atoms with Crippen molar-refractivity contribution in [1.82, 2.24) is 4.40 Å². The van der Waals surface area contributed by atoms with Crippen molar-refractivity contribution in [2.75, 3.05) is 9.80 Å². The molecule has 14 aromatic rings. The van der Waals surface area contributed by atoms with Gasteiger partial charge < -0.3 is 14.2 Å². The first-order chi connectivity index (χ1) is 37.8. The summed E-state index contributed by atoms with van der Waals surface area (Å²) in [5.41, 5.74) is 18.9. The van der Waals surface area contributed by atoms with E-state index in [0.29, 0.717) is 0 Å². The van der Waals surface area contributed by atoms with Crippen molar-refractivity contribution in [3.8, 4) is 11.3 Å². The van der Waals surface area contributed by atoms with Crippen molar-refractivity contribution < 1.29 is 0 Å². The van der Waals surface area contributed by atoms with Gasteiger partial charge >= 0.3 is 0 Å². The molecule has 79 heavy (non-hydrogen) atoms. The topological polar surface area (TPSA) is 10.9 Å². The fourth-order valence-corrected chi connectivity index (χ4v) is 16.6. The number of thiophene rings is 3. The lowest BCUT2D eigenvalue weighted by Gasteiger charge is -2.29. The van der Waals surface area contributed by atoms with E-state index in [2.05, 4.69) is 272 Å². The summed E-state index contributed by atoms with van der Waals surface area (Å²) in [6, 6.07) is 69.9. The van der Waals surface area contributed by atoms with E-state index in [-0.39, 0.29) is 21.7 Å². The maximum Gasteiger partial charge on any atom is 0.0728 e. The van der Waals surface area contributed by atoms with Crippen LogP contribution in [0.3, 0.4) is 0 Å². The minimum atomic E-state index is -0.288. The summed E-state index contributed by atoms with van der Waals surface area (Å²) in [5.74, 6) is 0. The highest BCUT2D eigenvalue weighted by molar-refractivity contribution is 7.27. The summed E-state index contributed by atoms with van der Waals surface area (Å²) < 4.78 is 10.6. The van der Waals surface area contributed by atoms with Gasteiger partial charge in [0.25, 0.3) is 0 Å². The zero-order valence-electron chi connectivity index (χ0n) is 46.9. The van der Waals surface area contributed by atoms with Crippen molar-refractivity contribution in [3.63, 3.8) is 0 Å². The van der Waals surface area contributed by atoms with Crippen LogP contribution in [0.1, 0.15) is 104 Å². The Labute approximate surface area is 474 Å². The van der Waals surface area contributed by atoms with Crippen LogP contribution >= 0.6 is 34.0 Å². The zero-order chi connectivity index (χ0) is 54.2. The van der Waals surface area contributed by atoms with E-state index < -0.39 is 0 Å². The van der Waals surface area contributed by atoms with Gasteiger partial charge in [-0.3, -0.25) is 0 Å². The Hall–Kier alpha value is -7.48. The second kappa shape index (κ2) is 16.8. The van der Waals surface area contributed by atoms with Gasteiger partial charge in [-0.05, 0) is 147 Å². The quantitative estimate of drug-likeness (QED) is 0.164. The standard InChI is InChI=1S/C73H63N3S3/c1-70(2,3)42-20-24-45(25-21-42)74(48-28-32-53-51-16-12-14-18-60(51)77-62(53)39-48)47-30-34-55-59(38-47)73(10,11)65-57-36-44(72(7,8)9)37-58-66(57)76(67(55)65)68-56-35-31-50(41-64(56)79-69(58)68)75(46-26-22-43(23-27-46)71(4,5)6)49-29-33-54-52-17-13-15-19-61(52)78-63(54)40-49/h12-41H,1-11H3. The van der Waals surface area contributed by atoms with Gasteiger partial charge in [0.05, 0.1) is 21.4 Å². The summed E-state index contributed by atoms with van der Waals surface area (Å²) in [6.45, 7) is 25.8. The number of benzene rings is 9. The Balaban J connectivity index is 0.925. The number of rotatable bonds is 6. The van der Waals surface area contributed by atoms with Crippen LogP contribution in [0, 0.1) is 0 Å². The molecule has 6 heteroatoms.